The Morgan fingerprint density at radius 1 is 1.10 bits per heavy atom. The van der Waals surface area contributed by atoms with Crippen LogP contribution in [0.3, 0.4) is 0 Å². The quantitative estimate of drug-likeness (QED) is 0.572. The number of methoxy groups -OCH3 is 1. The Kier molecular flexibility index (Phi) is 4.48. The fraction of sp³-hybridized carbons (Fsp3) is 0.0769. The van der Waals surface area contributed by atoms with E-state index in [4.69, 9.17) is 9.47 Å². The van der Waals surface area contributed by atoms with Crippen molar-refractivity contribution < 1.29 is 21.8 Å². The summed E-state index contributed by atoms with van der Waals surface area (Å²) in [5, 5.41) is 0. The molecule has 106 valence electrons. The Hall–Kier alpha value is -1.35. The average molecular weight is 408 g/mol. The zero-order valence-electron chi connectivity index (χ0n) is 10.3. The molecular formula is C13H10FIO4S. The summed E-state index contributed by atoms with van der Waals surface area (Å²) in [6.45, 7) is 0. The van der Waals surface area contributed by atoms with E-state index in [0.29, 0.717) is 5.75 Å². The van der Waals surface area contributed by atoms with Crippen LogP contribution in [0.25, 0.3) is 0 Å². The molecule has 2 rings (SSSR count). The maximum absolute atomic E-state index is 13.2. The van der Waals surface area contributed by atoms with Gasteiger partial charge in [0.1, 0.15) is 22.1 Å². The number of hydrogen-bond acceptors (Lipinski definition) is 4. The lowest BCUT2D eigenvalue weighted by Crippen LogP contribution is -1.97. The molecule has 0 N–H and O–H groups in total. The SMILES string of the molecule is COc1ccc(Oc2cccc(I)c2)cc1S(=O)(=O)F. The predicted octanol–water partition coefficient (Wildman–Crippen LogP) is 3.75. The Morgan fingerprint density at radius 2 is 1.80 bits per heavy atom. The highest BCUT2D eigenvalue weighted by atomic mass is 127. The van der Waals surface area contributed by atoms with Gasteiger partial charge in [-0.1, -0.05) is 6.07 Å². The van der Waals surface area contributed by atoms with Crippen molar-refractivity contribution in [3.8, 4) is 17.2 Å². The first kappa shape index (κ1) is 15.0. The topological polar surface area (TPSA) is 52.6 Å². The van der Waals surface area contributed by atoms with Crippen LogP contribution in [0.2, 0.25) is 0 Å². The third-order valence-electron chi connectivity index (χ3n) is 2.43. The van der Waals surface area contributed by atoms with E-state index in [1.165, 1.54) is 19.2 Å². The minimum Gasteiger partial charge on any atom is -0.495 e. The molecule has 0 bridgehead atoms. The van der Waals surface area contributed by atoms with Crippen molar-refractivity contribution in [1.29, 1.82) is 0 Å². The maximum atomic E-state index is 13.2. The lowest BCUT2D eigenvalue weighted by atomic mass is 10.3. The lowest BCUT2D eigenvalue weighted by molar-refractivity contribution is 0.398. The van der Waals surface area contributed by atoms with Crippen LogP contribution in [-0.4, -0.2) is 15.5 Å². The van der Waals surface area contributed by atoms with Crippen LogP contribution in [0.15, 0.2) is 47.4 Å². The zero-order valence-corrected chi connectivity index (χ0v) is 13.3. The predicted molar refractivity (Wildman–Crippen MR) is 80.5 cm³/mol. The van der Waals surface area contributed by atoms with Gasteiger partial charge in [0.25, 0.3) is 0 Å². The molecule has 0 aromatic heterocycles. The smallest absolute Gasteiger partial charge is 0.335 e. The number of halogens is 2. The first-order valence-corrected chi connectivity index (χ1v) is 7.92. The van der Waals surface area contributed by atoms with Crippen molar-refractivity contribution in [3.63, 3.8) is 0 Å². The number of benzene rings is 2. The van der Waals surface area contributed by atoms with Crippen LogP contribution in [-0.2, 0) is 10.2 Å². The van der Waals surface area contributed by atoms with E-state index in [2.05, 4.69) is 22.6 Å². The Morgan fingerprint density at radius 3 is 2.40 bits per heavy atom. The summed E-state index contributed by atoms with van der Waals surface area (Å²) >= 11 is 2.12. The summed E-state index contributed by atoms with van der Waals surface area (Å²) in [5.74, 6) is 0.677. The second-order valence-corrected chi connectivity index (χ2v) is 6.37. The summed E-state index contributed by atoms with van der Waals surface area (Å²) in [6, 6.07) is 11.1. The fourth-order valence-electron chi connectivity index (χ4n) is 1.58. The second-order valence-electron chi connectivity index (χ2n) is 3.81. The van der Waals surface area contributed by atoms with Crippen LogP contribution >= 0.6 is 22.6 Å². The molecule has 0 spiro atoms. The highest BCUT2D eigenvalue weighted by Crippen LogP contribution is 2.32. The van der Waals surface area contributed by atoms with Crippen LogP contribution in [0, 0.1) is 3.57 Å². The van der Waals surface area contributed by atoms with Crippen LogP contribution in [0.5, 0.6) is 17.2 Å². The number of ether oxygens (including phenoxy) is 2. The van der Waals surface area contributed by atoms with E-state index in [9.17, 15) is 12.3 Å². The van der Waals surface area contributed by atoms with E-state index < -0.39 is 15.1 Å². The molecule has 2 aromatic carbocycles. The largest absolute Gasteiger partial charge is 0.495 e. The van der Waals surface area contributed by atoms with Gasteiger partial charge in [-0.25, -0.2) is 0 Å². The molecule has 20 heavy (non-hydrogen) atoms. The van der Waals surface area contributed by atoms with E-state index in [1.807, 2.05) is 6.07 Å². The molecule has 0 radical (unpaired) electrons. The molecule has 0 amide bonds. The summed E-state index contributed by atoms with van der Waals surface area (Å²) in [7, 11) is -3.61. The van der Waals surface area contributed by atoms with E-state index in [-0.39, 0.29) is 11.5 Å². The molecule has 0 aliphatic rings. The maximum Gasteiger partial charge on any atom is 0.335 e. The first-order chi connectivity index (χ1) is 9.40. The first-order valence-electron chi connectivity index (χ1n) is 5.46. The third-order valence-corrected chi connectivity index (χ3v) is 3.94. The normalized spacial score (nSPS) is 11.2. The third kappa shape index (κ3) is 3.60. The number of hydrogen-bond donors (Lipinski definition) is 0. The summed E-state index contributed by atoms with van der Waals surface area (Å²) in [6.07, 6.45) is 0. The van der Waals surface area contributed by atoms with Gasteiger partial charge >= 0.3 is 10.2 Å². The van der Waals surface area contributed by atoms with Crippen LogP contribution in [0.1, 0.15) is 0 Å². The highest BCUT2D eigenvalue weighted by molar-refractivity contribution is 14.1. The van der Waals surface area contributed by atoms with Crippen molar-refractivity contribution in [1.82, 2.24) is 0 Å². The number of rotatable bonds is 4. The van der Waals surface area contributed by atoms with Gasteiger partial charge in [0, 0.05) is 9.64 Å². The van der Waals surface area contributed by atoms with E-state index in [1.54, 1.807) is 18.2 Å². The Labute approximate surface area is 129 Å². The minimum atomic E-state index is -4.88. The van der Waals surface area contributed by atoms with Gasteiger partial charge in [0.05, 0.1) is 7.11 Å². The molecule has 0 atom stereocenters. The standard InChI is InChI=1S/C13H10FIO4S/c1-18-12-6-5-11(8-13(12)20(14,16)17)19-10-4-2-3-9(15)7-10/h2-8H,1H3. The van der Waals surface area contributed by atoms with Crippen LogP contribution < -0.4 is 9.47 Å². The monoisotopic (exact) mass is 408 g/mol. The molecule has 0 heterocycles. The zero-order chi connectivity index (χ0) is 14.8. The Bertz CT molecular complexity index is 731. The summed E-state index contributed by atoms with van der Waals surface area (Å²) < 4.78 is 46.6. The van der Waals surface area contributed by atoms with Crippen molar-refractivity contribution in [3.05, 3.63) is 46.0 Å². The molecule has 4 nitrogen and oxygen atoms in total. The van der Waals surface area contributed by atoms with Gasteiger partial charge in [-0.3, -0.25) is 0 Å². The van der Waals surface area contributed by atoms with Crippen molar-refractivity contribution in [2.45, 2.75) is 4.90 Å². The Balaban J connectivity index is 2.39. The molecule has 7 heteroatoms. The lowest BCUT2D eigenvalue weighted by Gasteiger charge is -2.09. The average Bonchev–Trinajstić information content (AvgIpc) is 2.37. The van der Waals surface area contributed by atoms with Gasteiger partial charge in [-0.2, -0.15) is 8.42 Å². The molecule has 0 saturated carbocycles. The minimum absolute atomic E-state index is 0.0671. The summed E-state index contributed by atoms with van der Waals surface area (Å²) in [5.41, 5.74) is 0. The molecule has 0 fully saturated rings. The van der Waals surface area contributed by atoms with Crippen molar-refractivity contribution >= 4 is 32.8 Å². The van der Waals surface area contributed by atoms with Gasteiger partial charge in [-0.15, -0.1) is 3.89 Å². The van der Waals surface area contributed by atoms with E-state index >= 15 is 0 Å². The molecule has 0 saturated heterocycles. The van der Waals surface area contributed by atoms with Crippen molar-refractivity contribution in [2.75, 3.05) is 7.11 Å². The van der Waals surface area contributed by atoms with Crippen LogP contribution in [0.4, 0.5) is 3.89 Å². The molecule has 0 aliphatic carbocycles. The second kappa shape index (κ2) is 5.96. The van der Waals surface area contributed by atoms with Gasteiger partial charge < -0.3 is 9.47 Å². The van der Waals surface area contributed by atoms with Gasteiger partial charge in [-0.05, 0) is 52.9 Å². The fourth-order valence-corrected chi connectivity index (χ4v) is 2.74. The molecule has 2 aromatic rings. The summed E-state index contributed by atoms with van der Waals surface area (Å²) in [4.78, 5) is -0.553. The van der Waals surface area contributed by atoms with E-state index in [0.717, 1.165) is 9.64 Å². The molecule has 0 aliphatic heterocycles. The molecular weight excluding hydrogens is 398 g/mol. The van der Waals surface area contributed by atoms with Gasteiger partial charge in [0.2, 0.25) is 0 Å². The van der Waals surface area contributed by atoms with Crippen molar-refractivity contribution in [2.24, 2.45) is 0 Å². The molecule has 0 unspecified atom stereocenters. The van der Waals surface area contributed by atoms with Gasteiger partial charge in [0.15, 0.2) is 0 Å². The highest BCUT2D eigenvalue weighted by Gasteiger charge is 2.19.